The second-order valence-corrected chi connectivity index (χ2v) is 4.37. The molecule has 0 aliphatic heterocycles. The molecule has 71 valence electrons. The van der Waals surface area contributed by atoms with Crippen molar-refractivity contribution >= 4 is 31.9 Å². The largest absolute Gasteiger partial charge is 0.358 e. The van der Waals surface area contributed by atoms with E-state index in [0.29, 0.717) is 5.75 Å². The molecule has 0 unspecified atom stereocenters. The van der Waals surface area contributed by atoms with Gasteiger partial charge >= 0.3 is 0 Å². The summed E-state index contributed by atoms with van der Waals surface area (Å²) in [5.74, 6) is 0.698. The van der Waals surface area contributed by atoms with Crippen LogP contribution >= 0.6 is 31.9 Å². The van der Waals surface area contributed by atoms with Crippen molar-refractivity contribution in [2.75, 3.05) is 0 Å². The third-order valence-electron chi connectivity index (χ3n) is 1.47. The van der Waals surface area contributed by atoms with E-state index in [2.05, 4.69) is 43.0 Å². The monoisotopic (exact) mass is 315 g/mol. The molecule has 0 spiro atoms. The van der Waals surface area contributed by atoms with Gasteiger partial charge in [0.05, 0.1) is 12.4 Å². The second-order valence-electron chi connectivity index (χ2n) is 2.54. The first kappa shape index (κ1) is 9.73. The fourth-order valence-corrected chi connectivity index (χ4v) is 2.21. The SMILES string of the molecule is Brc1cc(Br)cc(On2c[c]cn2)c1. The molecule has 2 aromatic rings. The summed E-state index contributed by atoms with van der Waals surface area (Å²) in [6.07, 6.45) is 3.14. The molecule has 0 bridgehead atoms. The molecular formula is C9H5Br2N2O. The molecule has 0 fully saturated rings. The maximum absolute atomic E-state index is 5.39. The number of benzene rings is 1. The molecule has 3 nitrogen and oxygen atoms in total. The Hall–Kier alpha value is -0.810. The van der Waals surface area contributed by atoms with Gasteiger partial charge in [-0.2, -0.15) is 0 Å². The standard InChI is InChI=1S/C9H5Br2N2O/c10-7-4-8(11)6-9(5-7)14-13-3-1-2-12-13/h2-6H. The summed E-state index contributed by atoms with van der Waals surface area (Å²) in [5.41, 5.74) is 0. The van der Waals surface area contributed by atoms with Gasteiger partial charge in [0.1, 0.15) is 0 Å². The summed E-state index contributed by atoms with van der Waals surface area (Å²) >= 11 is 6.74. The molecule has 0 amide bonds. The van der Waals surface area contributed by atoms with Gasteiger partial charge in [0.2, 0.25) is 0 Å². The molecule has 0 atom stereocenters. The molecule has 0 aliphatic carbocycles. The van der Waals surface area contributed by atoms with Crippen LogP contribution in [0, 0.1) is 6.07 Å². The maximum Gasteiger partial charge on any atom is 0.160 e. The summed E-state index contributed by atoms with van der Waals surface area (Å²) in [4.78, 5) is 6.74. The molecule has 1 radical (unpaired) electrons. The first-order valence-electron chi connectivity index (χ1n) is 3.79. The Labute approximate surface area is 97.9 Å². The molecule has 1 aromatic carbocycles. The van der Waals surface area contributed by atoms with Gasteiger partial charge in [-0.3, -0.25) is 0 Å². The van der Waals surface area contributed by atoms with Gasteiger partial charge in [-0.1, -0.05) is 36.7 Å². The molecule has 2 rings (SSSR count). The zero-order valence-electron chi connectivity index (χ0n) is 6.95. The molecule has 5 heteroatoms. The van der Waals surface area contributed by atoms with E-state index in [0.717, 1.165) is 8.95 Å². The Bertz CT molecular complexity index is 408. The highest BCUT2D eigenvalue weighted by Gasteiger charge is 1.99. The van der Waals surface area contributed by atoms with Gasteiger partial charge in [-0.15, -0.1) is 5.10 Å². The van der Waals surface area contributed by atoms with Gasteiger partial charge in [0, 0.05) is 15.0 Å². The Morgan fingerprint density at radius 2 is 1.93 bits per heavy atom. The summed E-state index contributed by atoms with van der Waals surface area (Å²) in [7, 11) is 0. The van der Waals surface area contributed by atoms with Crippen LogP contribution in [0.25, 0.3) is 0 Å². The Balaban J connectivity index is 2.25. The number of hydrogen-bond donors (Lipinski definition) is 0. The summed E-state index contributed by atoms with van der Waals surface area (Å²) < 4.78 is 1.89. The van der Waals surface area contributed by atoms with Crippen LogP contribution in [0.1, 0.15) is 0 Å². The van der Waals surface area contributed by atoms with Crippen molar-refractivity contribution < 1.29 is 4.84 Å². The van der Waals surface area contributed by atoms with Crippen molar-refractivity contribution in [1.82, 2.24) is 9.94 Å². The third kappa shape index (κ3) is 2.36. The molecule has 1 heterocycles. The number of halogens is 2. The van der Waals surface area contributed by atoms with Crippen LogP contribution in [0.3, 0.4) is 0 Å². The number of aromatic nitrogens is 2. The fraction of sp³-hybridized carbons (Fsp3) is 0. The van der Waals surface area contributed by atoms with Crippen LogP contribution in [0.15, 0.2) is 39.5 Å². The highest BCUT2D eigenvalue weighted by Crippen LogP contribution is 2.24. The average Bonchev–Trinajstić information content (AvgIpc) is 2.54. The molecule has 1 aromatic heterocycles. The zero-order chi connectivity index (χ0) is 9.97. The molecule has 0 aliphatic rings. The van der Waals surface area contributed by atoms with Gasteiger partial charge < -0.3 is 4.84 Å². The zero-order valence-corrected chi connectivity index (χ0v) is 10.1. The van der Waals surface area contributed by atoms with Crippen molar-refractivity contribution in [3.8, 4) is 5.75 Å². The van der Waals surface area contributed by atoms with Crippen LogP contribution in [0.2, 0.25) is 0 Å². The van der Waals surface area contributed by atoms with Gasteiger partial charge in [0.15, 0.2) is 5.75 Å². The van der Waals surface area contributed by atoms with E-state index < -0.39 is 0 Å². The predicted octanol–water partition coefficient (Wildman–Crippen LogP) is 3.05. The normalized spacial score (nSPS) is 10.1. The van der Waals surface area contributed by atoms with Crippen molar-refractivity contribution in [2.24, 2.45) is 0 Å². The van der Waals surface area contributed by atoms with E-state index in [1.54, 1.807) is 6.20 Å². The highest BCUT2D eigenvalue weighted by molar-refractivity contribution is 9.11. The molecule has 0 saturated heterocycles. The lowest BCUT2D eigenvalue weighted by atomic mass is 10.3. The fourth-order valence-electron chi connectivity index (χ4n) is 0.960. The van der Waals surface area contributed by atoms with Crippen LogP contribution in [0.4, 0.5) is 0 Å². The van der Waals surface area contributed by atoms with Crippen molar-refractivity contribution in [3.05, 3.63) is 45.6 Å². The van der Waals surface area contributed by atoms with Crippen molar-refractivity contribution in [1.29, 1.82) is 0 Å². The van der Waals surface area contributed by atoms with E-state index in [-0.39, 0.29) is 0 Å². The van der Waals surface area contributed by atoms with E-state index >= 15 is 0 Å². The minimum absolute atomic E-state index is 0.698. The van der Waals surface area contributed by atoms with Crippen LogP contribution in [-0.4, -0.2) is 9.94 Å². The molecule has 0 N–H and O–H groups in total. The van der Waals surface area contributed by atoms with Gasteiger partial charge in [-0.25, -0.2) is 0 Å². The average molecular weight is 317 g/mol. The highest BCUT2D eigenvalue weighted by atomic mass is 79.9. The van der Waals surface area contributed by atoms with Crippen LogP contribution < -0.4 is 4.84 Å². The molecule has 14 heavy (non-hydrogen) atoms. The minimum atomic E-state index is 0.698. The first-order chi connectivity index (χ1) is 6.74. The first-order valence-corrected chi connectivity index (χ1v) is 5.38. The Morgan fingerprint density at radius 1 is 1.21 bits per heavy atom. The number of hydrogen-bond acceptors (Lipinski definition) is 2. The van der Waals surface area contributed by atoms with E-state index in [4.69, 9.17) is 4.84 Å². The number of nitrogens with zero attached hydrogens (tertiary/aromatic N) is 2. The van der Waals surface area contributed by atoms with Crippen molar-refractivity contribution in [2.45, 2.75) is 0 Å². The maximum atomic E-state index is 5.39. The topological polar surface area (TPSA) is 27.1 Å². The Kier molecular flexibility index (Phi) is 2.88. The smallest absolute Gasteiger partial charge is 0.160 e. The lowest BCUT2D eigenvalue weighted by Crippen LogP contribution is -2.04. The quantitative estimate of drug-likeness (QED) is 0.851. The summed E-state index contributed by atoms with van der Waals surface area (Å²) in [6, 6.07) is 8.42. The van der Waals surface area contributed by atoms with E-state index in [1.807, 2.05) is 18.2 Å². The van der Waals surface area contributed by atoms with Gasteiger partial charge in [0.25, 0.3) is 0 Å². The van der Waals surface area contributed by atoms with E-state index in [1.165, 1.54) is 11.0 Å². The summed E-state index contributed by atoms with van der Waals surface area (Å²) in [5, 5.41) is 3.88. The van der Waals surface area contributed by atoms with Gasteiger partial charge in [-0.05, 0) is 18.2 Å². The van der Waals surface area contributed by atoms with Crippen LogP contribution in [0.5, 0.6) is 5.75 Å². The minimum Gasteiger partial charge on any atom is -0.358 e. The third-order valence-corrected chi connectivity index (χ3v) is 2.38. The summed E-state index contributed by atoms with van der Waals surface area (Å²) in [6.45, 7) is 0. The van der Waals surface area contributed by atoms with E-state index in [9.17, 15) is 0 Å². The Morgan fingerprint density at radius 3 is 2.50 bits per heavy atom. The van der Waals surface area contributed by atoms with Crippen molar-refractivity contribution in [3.63, 3.8) is 0 Å². The predicted molar refractivity (Wildman–Crippen MR) is 58.9 cm³/mol. The lowest BCUT2D eigenvalue weighted by molar-refractivity contribution is 0.178. The molecular weight excluding hydrogens is 312 g/mol. The lowest BCUT2D eigenvalue weighted by Gasteiger charge is -2.04. The number of rotatable bonds is 2. The molecule has 0 saturated carbocycles. The second kappa shape index (κ2) is 4.14. The van der Waals surface area contributed by atoms with Crippen LogP contribution in [-0.2, 0) is 0 Å².